The third-order valence-electron chi connectivity index (χ3n) is 19.2. The number of carbonyl (C=O) groups is 2. The van der Waals surface area contributed by atoms with Gasteiger partial charge in [0.25, 0.3) is 0 Å². The summed E-state index contributed by atoms with van der Waals surface area (Å²) in [6, 6.07) is 0. The fourth-order valence-electron chi connectivity index (χ4n) is 15.2. The normalized spacial score (nSPS) is 53.7. The molecule has 0 amide bonds. The molecule has 0 aromatic heterocycles. The summed E-state index contributed by atoms with van der Waals surface area (Å²) in [5.74, 6) is -2.49. The number of allylic oxidation sites excluding steroid dienone is 2. The van der Waals surface area contributed by atoms with E-state index in [4.69, 9.17) is 28.4 Å². The maximum atomic E-state index is 14.7. The molecular weight excluding hydrogens is 881 g/mol. The van der Waals surface area contributed by atoms with Gasteiger partial charge in [-0.3, -0.25) is 4.79 Å². The fourth-order valence-corrected chi connectivity index (χ4v) is 15.2. The molecule has 0 unspecified atom stereocenters. The molecule has 0 bridgehead atoms. The van der Waals surface area contributed by atoms with Crippen LogP contribution in [0.3, 0.4) is 0 Å². The Hall–Kier alpha value is -1.92. The number of carboxylic acids is 1. The smallest absolute Gasteiger partial charge is 0.335 e. The Labute approximate surface area is 391 Å². The zero-order chi connectivity index (χ0) is 49.3. The minimum absolute atomic E-state index is 0.0664. The number of carboxylic acid groups (broad SMARTS) is 1. The molecule has 7 fully saturated rings. The molecule has 19 nitrogen and oxygen atoms in total. The number of ether oxygens (including phenoxy) is 6. The molecule has 24 atom stereocenters. The van der Waals surface area contributed by atoms with Crippen LogP contribution >= 0.6 is 0 Å². The summed E-state index contributed by atoms with van der Waals surface area (Å²) in [6.07, 6.45) is -18.5. The van der Waals surface area contributed by atoms with Gasteiger partial charge in [0.05, 0.1) is 24.9 Å². The summed E-state index contributed by atoms with van der Waals surface area (Å²) >= 11 is 0. The lowest BCUT2D eigenvalue weighted by atomic mass is 9.33. The molecule has 382 valence electrons. The van der Waals surface area contributed by atoms with Crippen molar-refractivity contribution in [3.63, 3.8) is 0 Å². The summed E-state index contributed by atoms with van der Waals surface area (Å²) < 4.78 is 35.7. The molecule has 4 saturated carbocycles. The largest absolute Gasteiger partial charge is 0.479 e. The Morgan fingerprint density at radius 1 is 0.687 bits per heavy atom. The monoisotopic (exact) mass is 956 g/mol. The summed E-state index contributed by atoms with van der Waals surface area (Å²) in [6.45, 7) is 16.2. The maximum absolute atomic E-state index is 14.7. The number of hydrogen-bond acceptors (Lipinski definition) is 18. The van der Waals surface area contributed by atoms with E-state index in [9.17, 15) is 65.8 Å². The molecule has 3 saturated heterocycles. The lowest BCUT2D eigenvalue weighted by molar-refractivity contribution is -0.372. The van der Waals surface area contributed by atoms with Gasteiger partial charge >= 0.3 is 11.9 Å². The number of aliphatic hydroxyl groups excluding tert-OH is 10. The first kappa shape index (κ1) is 51.4. The van der Waals surface area contributed by atoms with Crippen molar-refractivity contribution in [3.05, 3.63) is 11.6 Å². The van der Waals surface area contributed by atoms with E-state index in [1.807, 2.05) is 0 Å². The number of aliphatic carboxylic acids is 1. The van der Waals surface area contributed by atoms with Crippen LogP contribution < -0.4 is 0 Å². The van der Waals surface area contributed by atoms with Gasteiger partial charge in [-0.2, -0.15) is 0 Å². The zero-order valence-electron chi connectivity index (χ0n) is 39.9. The molecule has 19 heteroatoms. The number of rotatable bonds is 8. The van der Waals surface area contributed by atoms with E-state index in [1.54, 1.807) is 0 Å². The Morgan fingerprint density at radius 3 is 2.00 bits per heavy atom. The highest BCUT2D eigenvalue weighted by molar-refractivity contribution is 5.80. The van der Waals surface area contributed by atoms with Crippen molar-refractivity contribution in [3.8, 4) is 0 Å². The van der Waals surface area contributed by atoms with Crippen molar-refractivity contribution in [1.29, 1.82) is 0 Å². The van der Waals surface area contributed by atoms with Crippen LogP contribution in [0.1, 0.15) is 113 Å². The van der Waals surface area contributed by atoms with E-state index in [0.29, 0.717) is 38.5 Å². The van der Waals surface area contributed by atoms with Gasteiger partial charge in [-0.05, 0) is 110 Å². The topological polar surface area (TPSA) is 312 Å². The quantitative estimate of drug-likeness (QED) is 0.0882. The van der Waals surface area contributed by atoms with Crippen molar-refractivity contribution in [2.45, 2.75) is 218 Å². The lowest BCUT2D eigenvalue weighted by Crippen LogP contribution is -2.68. The second-order valence-corrected chi connectivity index (χ2v) is 23.6. The average Bonchev–Trinajstić information content (AvgIpc) is 3.25. The third-order valence-corrected chi connectivity index (χ3v) is 19.2. The van der Waals surface area contributed by atoms with E-state index >= 15 is 0 Å². The molecule has 8 aliphatic rings. The van der Waals surface area contributed by atoms with E-state index in [2.05, 4.69) is 54.5 Å². The van der Waals surface area contributed by atoms with Crippen LogP contribution in [0.25, 0.3) is 0 Å². The number of aliphatic hydroxyl groups is 10. The van der Waals surface area contributed by atoms with E-state index in [-0.39, 0.29) is 34.5 Å². The van der Waals surface area contributed by atoms with Crippen LogP contribution in [0.15, 0.2) is 11.6 Å². The number of hydrogen-bond donors (Lipinski definition) is 11. The Kier molecular flexibility index (Phi) is 13.6. The van der Waals surface area contributed by atoms with Gasteiger partial charge in [-0.25, -0.2) is 4.79 Å². The highest BCUT2D eigenvalue weighted by atomic mass is 16.8. The molecule has 0 spiro atoms. The van der Waals surface area contributed by atoms with Crippen LogP contribution in [0.5, 0.6) is 0 Å². The van der Waals surface area contributed by atoms with Crippen molar-refractivity contribution < 1.29 is 94.2 Å². The summed E-state index contributed by atoms with van der Waals surface area (Å²) in [7, 11) is 0. The minimum Gasteiger partial charge on any atom is -0.479 e. The summed E-state index contributed by atoms with van der Waals surface area (Å²) in [5, 5.41) is 117. The highest BCUT2D eigenvalue weighted by Gasteiger charge is 2.71. The number of fused-ring (bicyclic) bond motifs is 7. The van der Waals surface area contributed by atoms with Crippen molar-refractivity contribution in [2.75, 3.05) is 6.61 Å². The molecular formula is C48H76O19. The van der Waals surface area contributed by atoms with Crippen LogP contribution in [0, 0.1) is 50.2 Å². The van der Waals surface area contributed by atoms with Crippen molar-refractivity contribution in [2.24, 2.45) is 50.2 Å². The fraction of sp³-hybridized carbons (Fsp3) is 0.917. The average molecular weight is 957 g/mol. The third kappa shape index (κ3) is 7.88. The van der Waals surface area contributed by atoms with Crippen LogP contribution in [-0.4, -0.2) is 179 Å². The predicted molar refractivity (Wildman–Crippen MR) is 231 cm³/mol. The van der Waals surface area contributed by atoms with E-state index < -0.39 is 145 Å². The first-order valence-electron chi connectivity index (χ1n) is 24.3. The second-order valence-electron chi connectivity index (χ2n) is 23.6. The molecule has 3 heterocycles. The van der Waals surface area contributed by atoms with Crippen LogP contribution in [-0.2, 0) is 38.0 Å². The Balaban J connectivity index is 1.06. The van der Waals surface area contributed by atoms with E-state index in [0.717, 1.165) is 18.4 Å². The molecule has 11 N–H and O–H groups in total. The first-order chi connectivity index (χ1) is 31.1. The highest BCUT2D eigenvalue weighted by Crippen LogP contribution is 2.76. The second kappa shape index (κ2) is 17.7. The molecule has 8 rings (SSSR count). The van der Waals surface area contributed by atoms with Gasteiger partial charge in [0.1, 0.15) is 66.5 Å². The minimum atomic E-state index is -1.94. The Bertz CT molecular complexity index is 1890. The predicted octanol–water partition coefficient (Wildman–Crippen LogP) is 0.231. The molecule has 0 aromatic rings. The van der Waals surface area contributed by atoms with Gasteiger partial charge in [-0.15, -0.1) is 0 Å². The lowest BCUT2D eigenvalue weighted by Gasteiger charge is -2.71. The van der Waals surface area contributed by atoms with E-state index in [1.165, 1.54) is 6.92 Å². The summed E-state index contributed by atoms with van der Waals surface area (Å²) in [4.78, 5) is 27.0. The molecule has 5 aliphatic carbocycles. The number of carbonyl (C=O) groups excluding carboxylic acids is 1. The number of esters is 1. The molecule has 3 aliphatic heterocycles. The van der Waals surface area contributed by atoms with Gasteiger partial charge in [0, 0.05) is 0 Å². The standard InChI is InChI=1S/C48H76O19/c1-20-28(51)30(53)34(57)39(62-20)66-37-33(56)32(55)36(38(59)60)65-41(37)64-27-12-13-45(6)24(44(27,4)5)11-14-47(8)25(45)10-9-21-22-17-43(2,3)18-26(50)48(22,16-15-46(21,47)7)42(61)67-40-35(58)31(54)29(52)23(19-49)63-40/h9,20,22-37,39-41,49-58H,10-19H2,1-8H3,(H,59,60)/t20-,22-,23+,24-,25+,26+,27-,28-,29+,30+,31-,32-,33-,34+,35+,36-,37+,39-,40-,41+,45-,46+,47+,48-/m0/s1. The molecule has 0 aromatic carbocycles. The Morgan fingerprint density at radius 2 is 1.34 bits per heavy atom. The van der Waals surface area contributed by atoms with Gasteiger partial charge in [-0.1, -0.05) is 60.1 Å². The molecule has 0 radical (unpaired) electrons. The SMILES string of the molecule is C[C@@H]1O[C@@H](O[C@H]2[C@H](O[C@H]3CC[C@]4(C)[C@H]5CC=C6[C@@H]7CC(C)(C)C[C@@H](O)[C@]7(C(=O)O[C@@H]7O[C@H](CO)[C@@H](O)[C@H](O)[C@H]7O)CC[C@@]6(C)[C@]5(C)CC[C@H]4C3(C)C)O[C@H](C(=O)O)[C@@H](O)[C@@H]2O)[C@H](O)[C@H](O)[C@H]1O. The molecule has 67 heavy (non-hydrogen) atoms. The first-order valence-corrected chi connectivity index (χ1v) is 24.3. The van der Waals surface area contributed by atoms with Crippen molar-refractivity contribution >= 4 is 11.9 Å². The zero-order valence-corrected chi connectivity index (χ0v) is 39.9. The van der Waals surface area contributed by atoms with Gasteiger partial charge in [0.15, 0.2) is 18.7 Å². The summed E-state index contributed by atoms with van der Waals surface area (Å²) in [5.41, 5.74) is -2.16. The van der Waals surface area contributed by atoms with Crippen LogP contribution in [0.2, 0.25) is 0 Å². The van der Waals surface area contributed by atoms with Crippen molar-refractivity contribution in [1.82, 2.24) is 0 Å². The maximum Gasteiger partial charge on any atom is 0.335 e. The van der Waals surface area contributed by atoms with Gasteiger partial charge in [0.2, 0.25) is 6.29 Å². The van der Waals surface area contributed by atoms with Gasteiger partial charge < -0.3 is 84.6 Å². The van der Waals surface area contributed by atoms with Crippen LogP contribution in [0.4, 0.5) is 0 Å².